The Morgan fingerprint density at radius 1 is 1.38 bits per heavy atom. The first-order chi connectivity index (χ1) is 9.97. The normalized spacial score (nSPS) is 17.9. The van der Waals surface area contributed by atoms with Crippen molar-refractivity contribution in [2.45, 2.75) is 13.0 Å². The van der Waals surface area contributed by atoms with Crippen LogP contribution in [0, 0.1) is 0 Å². The molecule has 112 valence electrons. The molecule has 0 unspecified atom stereocenters. The van der Waals surface area contributed by atoms with Gasteiger partial charge < -0.3 is 25.2 Å². The number of methoxy groups -OCH3 is 2. The number of benzene rings is 1. The van der Waals surface area contributed by atoms with Crippen molar-refractivity contribution >= 4 is 23.3 Å². The number of nitrogens with one attached hydrogen (secondary N) is 2. The van der Waals surface area contributed by atoms with E-state index in [-0.39, 0.29) is 5.75 Å². The number of phenols is 1. The number of rotatable bonds is 3. The van der Waals surface area contributed by atoms with E-state index in [0.717, 1.165) is 5.56 Å². The van der Waals surface area contributed by atoms with Crippen molar-refractivity contribution in [2.75, 3.05) is 14.2 Å². The zero-order chi connectivity index (χ0) is 15.6. The Morgan fingerprint density at radius 3 is 2.71 bits per heavy atom. The van der Waals surface area contributed by atoms with E-state index in [0.29, 0.717) is 22.1 Å². The van der Waals surface area contributed by atoms with Gasteiger partial charge in [0.15, 0.2) is 16.6 Å². The minimum absolute atomic E-state index is 0.0260. The molecule has 0 aromatic heterocycles. The molecular formula is C14H16N2O4S. The fourth-order valence-corrected chi connectivity index (χ4v) is 2.47. The third-order valence-corrected chi connectivity index (χ3v) is 3.43. The smallest absolute Gasteiger partial charge is 0.337 e. The molecular weight excluding hydrogens is 292 g/mol. The molecule has 0 amide bonds. The van der Waals surface area contributed by atoms with Crippen LogP contribution in [0.2, 0.25) is 0 Å². The molecule has 21 heavy (non-hydrogen) atoms. The quantitative estimate of drug-likeness (QED) is 0.575. The maximum atomic E-state index is 12.0. The van der Waals surface area contributed by atoms with E-state index in [9.17, 15) is 9.90 Å². The zero-order valence-corrected chi connectivity index (χ0v) is 12.7. The molecule has 1 aromatic rings. The molecule has 0 saturated carbocycles. The molecule has 2 rings (SSSR count). The highest BCUT2D eigenvalue weighted by atomic mass is 32.1. The van der Waals surface area contributed by atoms with E-state index >= 15 is 0 Å². The van der Waals surface area contributed by atoms with Crippen molar-refractivity contribution in [3.63, 3.8) is 0 Å². The Bertz CT molecular complexity index is 627. The molecule has 1 aliphatic heterocycles. The number of thiocarbonyl (C=S) groups is 1. The van der Waals surface area contributed by atoms with Gasteiger partial charge in [-0.25, -0.2) is 4.79 Å². The number of esters is 1. The predicted octanol–water partition coefficient (Wildman–Crippen LogP) is 1.37. The Morgan fingerprint density at radius 2 is 2.10 bits per heavy atom. The number of aromatic hydroxyl groups is 1. The lowest BCUT2D eigenvalue weighted by Crippen LogP contribution is -2.45. The third-order valence-electron chi connectivity index (χ3n) is 3.21. The summed E-state index contributed by atoms with van der Waals surface area (Å²) in [5.41, 5.74) is 1.79. The van der Waals surface area contributed by atoms with Crippen molar-refractivity contribution < 1.29 is 19.4 Å². The third kappa shape index (κ3) is 2.92. The van der Waals surface area contributed by atoms with E-state index in [4.69, 9.17) is 21.7 Å². The fourth-order valence-electron chi connectivity index (χ4n) is 2.20. The molecule has 7 heteroatoms. The largest absolute Gasteiger partial charge is 0.504 e. The number of allylic oxidation sites excluding steroid dienone is 1. The number of hydrogen-bond acceptors (Lipinski definition) is 5. The van der Waals surface area contributed by atoms with Gasteiger partial charge in [0.25, 0.3) is 0 Å². The fraction of sp³-hybridized carbons (Fsp3) is 0.286. The van der Waals surface area contributed by atoms with Gasteiger partial charge in [0, 0.05) is 5.70 Å². The average molecular weight is 308 g/mol. The van der Waals surface area contributed by atoms with Crippen LogP contribution >= 0.6 is 12.2 Å². The summed E-state index contributed by atoms with van der Waals surface area (Å²) in [6.45, 7) is 1.75. The molecule has 0 spiro atoms. The second kappa shape index (κ2) is 6.01. The van der Waals surface area contributed by atoms with Gasteiger partial charge in [0.1, 0.15) is 0 Å². The first-order valence-electron chi connectivity index (χ1n) is 6.21. The van der Waals surface area contributed by atoms with Gasteiger partial charge in [-0.15, -0.1) is 0 Å². The van der Waals surface area contributed by atoms with Gasteiger partial charge in [-0.05, 0) is 36.8 Å². The number of carbonyl (C=O) groups is 1. The van der Waals surface area contributed by atoms with Crippen LogP contribution < -0.4 is 15.4 Å². The zero-order valence-electron chi connectivity index (χ0n) is 11.9. The maximum absolute atomic E-state index is 12.0. The summed E-state index contributed by atoms with van der Waals surface area (Å²) in [4.78, 5) is 12.0. The lowest BCUT2D eigenvalue weighted by molar-refractivity contribution is -0.136. The standard InChI is InChI=1S/C14H16N2O4S/c1-7-11(13(18)20-3)12(16-14(21)15-7)8-4-5-9(17)10(6-8)19-2/h4-6,12,17H,1-3H3,(H2,15,16,21)/t12-/m0/s1. The second-order valence-electron chi connectivity index (χ2n) is 4.49. The summed E-state index contributed by atoms with van der Waals surface area (Å²) < 4.78 is 9.92. The lowest BCUT2D eigenvalue weighted by atomic mass is 9.95. The van der Waals surface area contributed by atoms with Gasteiger partial charge in [-0.1, -0.05) is 6.07 Å². The van der Waals surface area contributed by atoms with Crippen molar-refractivity contribution in [1.29, 1.82) is 0 Å². The SMILES string of the molecule is COC(=O)C1=C(C)NC(=S)N[C@H]1c1ccc(O)c(OC)c1. The summed E-state index contributed by atoms with van der Waals surface area (Å²) in [5, 5.41) is 16.0. The van der Waals surface area contributed by atoms with Crippen LogP contribution in [0.3, 0.4) is 0 Å². The van der Waals surface area contributed by atoms with Crippen LogP contribution in [0.25, 0.3) is 0 Å². The molecule has 3 N–H and O–H groups in total. The minimum atomic E-state index is -0.472. The first kappa shape index (κ1) is 15.1. The summed E-state index contributed by atoms with van der Waals surface area (Å²) >= 11 is 5.13. The van der Waals surface area contributed by atoms with Crippen LogP contribution in [-0.2, 0) is 9.53 Å². The van der Waals surface area contributed by atoms with E-state index < -0.39 is 12.0 Å². The minimum Gasteiger partial charge on any atom is -0.504 e. The molecule has 0 radical (unpaired) electrons. The van der Waals surface area contributed by atoms with E-state index in [1.54, 1.807) is 19.1 Å². The molecule has 1 heterocycles. The van der Waals surface area contributed by atoms with Crippen molar-refractivity contribution in [3.05, 3.63) is 35.0 Å². The van der Waals surface area contributed by atoms with Crippen molar-refractivity contribution in [3.8, 4) is 11.5 Å². The highest BCUT2D eigenvalue weighted by Gasteiger charge is 2.30. The lowest BCUT2D eigenvalue weighted by Gasteiger charge is -2.29. The summed E-state index contributed by atoms with van der Waals surface area (Å²) in [6, 6.07) is 4.38. The number of ether oxygens (including phenoxy) is 2. The second-order valence-corrected chi connectivity index (χ2v) is 4.90. The Labute approximate surface area is 127 Å². The van der Waals surface area contributed by atoms with Crippen molar-refractivity contribution in [2.24, 2.45) is 0 Å². The average Bonchev–Trinajstić information content (AvgIpc) is 2.46. The van der Waals surface area contributed by atoms with E-state index in [1.807, 2.05) is 0 Å². The number of phenolic OH excluding ortho intramolecular Hbond substituents is 1. The van der Waals surface area contributed by atoms with Crippen LogP contribution in [0.15, 0.2) is 29.5 Å². The molecule has 0 saturated heterocycles. The summed E-state index contributed by atoms with van der Waals surface area (Å²) in [6.07, 6.45) is 0. The van der Waals surface area contributed by atoms with Crippen LogP contribution in [0.4, 0.5) is 0 Å². The van der Waals surface area contributed by atoms with Crippen LogP contribution in [-0.4, -0.2) is 30.4 Å². The molecule has 0 bridgehead atoms. The topological polar surface area (TPSA) is 79.8 Å². The van der Waals surface area contributed by atoms with Crippen LogP contribution in [0.1, 0.15) is 18.5 Å². The van der Waals surface area contributed by atoms with Gasteiger partial charge >= 0.3 is 5.97 Å². The first-order valence-corrected chi connectivity index (χ1v) is 6.62. The summed E-state index contributed by atoms with van der Waals surface area (Å²) in [7, 11) is 2.78. The Balaban J connectivity index is 2.51. The predicted molar refractivity (Wildman–Crippen MR) is 81.0 cm³/mol. The number of carbonyl (C=O) groups excluding carboxylic acids is 1. The van der Waals surface area contributed by atoms with E-state index in [2.05, 4.69) is 10.6 Å². The van der Waals surface area contributed by atoms with Gasteiger partial charge in [0.05, 0.1) is 25.8 Å². The highest BCUT2D eigenvalue weighted by molar-refractivity contribution is 7.80. The Hall–Kier alpha value is -2.28. The maximum Gasteiger partial charge on any atom is 0.337 e. The summed E-state index contributed by atoms with van der Waals surface area (Å²) in [5.74, 6) is -0.106. The van der Waals surface area contributed by atoms with Gasteiger partial charge in [-0.2, -0.15) is 0 Å². The molecule has 1 atom stereocenters. The monoisotopic (exact) mass is 308 g/mol. The molecule has 6 nitrogen and oxygen atoms in total. The molecule has 0 fully saturated rings. The molecule has 1 aliphatic rings. The van der Waals surface area contributed by atoms with Gasteiger partial charge in [-0.3, -0.25) is 0 Å². The Kier molecular flexibility index (Phi) is 4.32. The van der Waals surface area contributed by atoms with Crippen LogP contribution in [0.5, 0.6) is 11.5 Å². The van der Waals surface area contributed by atoms with E-state index in [1.165, 1.54) is 20.3 Å². The highest BCUT2D eigenvalue weighted by Crippen LogP contribution is 2.33. The van der Waals surface area contributed by atoms with Gasteiger partial charge in [0.2, 0.25) is 0 Å². The molecule has 0 aliphatic carbocycles. The molecule has 1 aromatic carbocycles. The van der Waals surface area contributed by atoms with Crippen molar-refractivity contribution in [1.82, 2.24) is 10.6 Å². The number of hydrogen-bond donors (Lipinski definition) is 3.